The van der Waals surface area contributed by atoms with Crippen LogP contribution in [0.5, 0.6) is 5.75 Å². The predicted octanol–water partition coefficient (Wildman–Crippen LogP) is 3.77. The Bertz CT molecular complexity index is 796. The van der Waals surface area contributed by atoms with Crippen molar-refractivity contribution in [1.82, 2.24) is 14.5 Å². The minimum Gasteiger partial charge on any atom is -0.494 e. The van der Waals surface area contributed by atoms with Crippen LogP contribution in [0.4, 0.5) is 8.78 Å². The summed E-state index contributed by atoms with van der Waals surface area (Å²) in [7, 11) is 1.28. The predicted molar refractivity (Wildman–Crippen MR) is 93.4 cm³/mol. The second-order valence-electron chi connectivity index (χ2n) is 6.79. The van der Waals surface area contributed by atoms with Crippen molar-refractivity contribution in [3.05, 3.63) is 47.5 Å². The number of ether oxygens (including phenoxy) is 1. The van der Waals surface area contributed by atoms with E-state index in [1.54, 1.807) is 6.20 Å². The van der Waals surface area contributed by atoms with Gasteiger partial charge in [-0.3, -0.25) is 4.79 Å². The SMILES string of the molecule is COc1ccc(F)c(C(=O)N2CCC(c3nccn3C(C)C)CC2)c1F. The number of hydrogen-bond acceptors (Lipinski definition) is 3. The van der Waals surface area contributed by atoms with E-state index < -0.39 is 23.1 Å². The van der Waals surface area contributed by atoms with Crippen LogP contribution in [0, 0.1) is 11.6 Å². The van der Waals surface area contributed by atoms with Gasteiger partial charge >= 0.3 is 0 Å². The first kappa shape index (κ1) is 18.4. The van der Waals surface area contributed by atoms with E-state index in [4.69, 9.17) is 4.74 Å². The maximum atomic E-state index is 14.4. The molecule has 1 saturated heterocycles. The van der Waals surface area contributed by atoms with Crippen molar-refractivity contribution >= 4 is 5.91 Å². The number of likely N-dealkylation sites (tertiary alicyclic amines) is 1. The van der Waals surface area contributed by atoms with Gasteiger partial charge in [0.05, 0.1) is 7.11 Å². The van der Waals surface area contributed by atoms with Crippen LogP contribution >= 0.6 is 0 Å². The summed E-state index contributed by atoms with van der Waals surface area (Å²) in [4.78, 5) is 18.6. The molecule has 0 bridgehead atoms. The standard InChI is InChI=1S/C19H23F2N3O2/c1-12(2)24-11-8-22-18(24)13-6-9-23(10-7-13)19(25)16-14(20)4-5-15(26-3)17(16)21/h4-5,8,11-13H,6-7,9-10H2,1-3H3. The average molecular weight is 363 g/mol. The molecule has 1 fully saturated rings. The van der Waals surface area contributed by atoms with Crippen LogP contribution in [-0.4, -0.2) is 40.6 Å². The summed E-state index contributed by atoms with van der Waals surface area (Å²) in [6, 6.07) is 2.55. The summed E-state index contributed by atoms with van der Waals surface area (Å²) in [6.45, 7) is 5.06. The number of amides is 1. The van der Waals surface area contributed by atoms with Crippen molar-refractivity contribution in [2.75, 3.05) is 20.2 Å². The van der Waals surface area contributed by atoms with Gasteiger partial charge in [0.1, 0.15) is 17.2 Å². The average Bonchev–Trinajstić information content (AvgIpc) is 3.12. The molecule has 2 aromatic rings. The van der Waals surface area contributed by atoms with E-state index >= 15 is 0 Å². The van der Waals surface area contributed by atoms with E-state index in [0.717, 1.165) is 11.9 Å². The molecule has 1 aromatic carbocycles. The lowest BCUT2D eigenvalue weighted by atomic mass is 9.95. The monoisotopic (exact) mass is 363 g/mol. The fourth-order valence-electron chi connectivity index (χ4n) is 3.46. The highest BCUT2D eigenvalue weighted by Crippen LogP contribution is 2.30. The number of methoxy groups -OCH3 is 1. The zero-order valence-corrected chi connectivity index (χ0v) is 15.2. The number of carbonyl (C=O) groups excluding carboxylic acids is 1. The number of imidazole rings is 1. The zero-order chi connectivity index (χ0) is 18.8. The molecule has 1 aliphatic heterocycles. The number of hydrogen-bond donors (Lipinski definition) is 0. The van der Waals surface area contributed by atoms with E-state index in [1.807, 2.05) is 6.20 Å². The lowest BCUT2D eigenvalue weighted by Crippen LogP contribution is -2.39. The van der Waals surface area contributed by atoms with Gasteiger partial charge in [0, 0.05) is 37.4 Å². The summed E-state index contributed by atoms with van der Waals surface area (Å²) in [5.41, 5.74) is -0.550. The fourth-order valence-corrected chi connectivity index (χ4v) is 3.46. The second-order valence-corrected chi connectivity index (χ2v) is 6.79. The Hall–Kier alpha value is -2.44. The molecular weight excluding hydrogens is 340 g/mol. The molecular formula is C19H23F2N3O2. The number of aromatic nitrogens is 2. The van der Waals surface area contributed by atoms with Gasteiger partial charge in [0.15, 0.2) is 11.6 Å². The summed E-state index contributed by atoms with van der Waals surface area (Å²) in [5, 5.41) is 0. The molecule has 7 heteroatoms. The molecule has 0 atom stereocenters. The van der Waals surface area contributed by atoms with Crippen LogP contribution < -0.4 is 4.74 Å². The highest BCUT2D eigenvalue weighted by atomic mass is 19.1. The first-order chi connectivity index (χ1) is 12.4. The summed E-state index contributed by atoms with van der Waals surface area (Å²) >= 11 is 0. The van der Waals surface area contributed by atoms with Crippen molar-refractivity contribution in [2.45, 2.75) is 38.6 Å². The smallest absolute Gasteiger partial charge is 0.259 e. The quantitative estimate of drug-likeness (QED) is 0.831. The topological polar surface area (TPSA) is 47.4 Å². The molecule has 2 heterocycles. The molecule has 26 heavy (non-hydrogen) atoms. The largest absolute Gasteiger partial charge is 0.494 e. The minimum absolute atomic E-state index is 0.136. The van der Waals surface area contributed by atoms with Gasteiger partial charge in [-0.1, -0.05) is 0 Å². The first-order valence-electron chi connectivity index (χ1n) is 8.78. The third-order valence-electron chi connectivity index (χ3n) is 4.89. The lowest BCUT2D eigenvalue weighted by molar-refractivity contribution is 0.0699. The van der Waals surface area contributed by atoms with E-state index in [9.17, 15) is 13.6 Å². The number of carbonyl (C=O) groups is 1. The van der Waals surface area contributed by atoms with E-state index in [2.05, 4.69) is 23.4 Å². The van der Waals surface area contributed by atoms with Crippen LogP contribution in [-0.2, 0) is 0 Å². The van der Waals surface area contributed by atoms with E-state index in [1.165, 1.54) is 18.1 Å². The van der Waals surface area contributed by atoms with Gasteiger partial charge in [-0.25, -0.2) is 13.8 Å². The fraction of sp³-hybridized carbons (Fsp3) is 0.474. The first-order valence-corrected chi connectivity index (χ1v) is 8.78. The number of rotatable bonds is 4. The molecule has 1 aliphatic rings. The molecule has 0 spiro atoms. The molecule has 3 rings (SSSR count). The normalized spacial score (nSPS) is 15.5. The van der Waals surface area contributed by atoms with Crippen LogP contribution in [0.1, 0.15) is 54.8 Å². The Morgan fingerprint density at radius 3 is 2.58 bits per heavy atom. The third-order valence-corrected chi connectivity index (χ3v) is 4.89. The lowest BCUT2D eigenvalue weighted by Gasteiger charge is -2.32. The number of benzene rings is 1. The third kappa shape index (κ3) is 3.30. The molecule has 1 amide bonds. The van der Waals surface area contributed by atoms with Crippen LogP contribution in [0.3, 0.4) is 0 Å². The van der Waals surface area contributed by atoms with Gasteiger partial charge in [-0.15, -0.1) is 0 Å². The molecule has 140 valence electrons. The molecule has 5 nitrogen and oxygen atoms in total. The van der Waals surface area contributed by atoms with Gasteiger partial charge in [0.2, 0.25) is 0 Å². The molecule has 0 saturated carbocycles. The Labute approximate surface area is 151 Å². The van der Waals surface area contributed by atoms with Crippen molar-refractivity contribution in [3.8, 4) is 5.75 Å². The number of halogens is 2. The molecule has 0 aliphatic carbocycles. The maximum absolute atomic E-state index is 14.4. The van der Waals surface area contributed by atoms with Gasteiger partial charge < -0.3 is 14.2 Å². The maximum Gasteiger partial charge on any atom is 0.259 e. The van der Waals surface area contributed by atoms with E-state index in [-0.39, 0.29) is 11.7 Å². The molecule has 0 unspecified atom stereocenters. The van der Waals surface area contributed by atoms with Gasteiger partial charge in [-0.05, 0) is 38.8 Å². The van der Waals surface area contributed by atoms with Crippen molar-refractivity contribution in [1.29, 1.82) is 0 Å². The van der Waals surface area contributed by atoms with Crippen molar-refractivity contribution in [2.24, 2.45) is 0 Å². The summed E-state index contributed by atoms with van der Waals surface area (Å²) in [5.74, 6) is -1.35. The molecule has 0 radical (unpaired) electrons. The summed E-state index contributed by atoms with van der Waals surface area (Å²) in [6.07, 6.45) is 5.16. The minimum atomic E-state index is -0.949. The highest BCUT2D eigenvalue weighted by molar-refractivity contribution is 5.95. The Morgan fingerprint density at radius 1 is 1.27 bits per heavy atom. The van der Waals surface area contributed by atoms with E-state index in [0.29, 0.717) is 32.0 Å². The Morgan fingerprint density at radius 2 is 1.96 bits per heavy atom. The molecule has 0 N–H and O–H groups in total. The Kier molecular flexibility index (Phi) is 5.25. The number of nitrogens with zero attached hydrogens (tertiary/aromatic N) is 3. The van der Waals surface area contributed by atoms with Crippen LogP contribution in [0.2, 0.25) is 0 Å². The van der Waals surface area contributed by atoms with Gasteiger partial charge in [0.25, 0.3) is 5.91 Å². The highest BCUT2D eigenvalue weighted by Gasteiger charge is 2.30. The van der Waals surface area contributed by atoms with Gasteiger partial charge in [-0.2, -0.15) is 0 Å². The van der Waals surface area contributed by atoms with Crippen molar-refractivity contribution in [3.63, 3.8) is 0 Å². The van der Waals surface area contributed by atoms with Crippen LogP contribution in [0.15, 0.2) is 24.5 Å². The summed E-state index contributed by atoms with van der Waals surface area (Å²) < 4.78 is 35.4. The van der Waals surface area contributed by atoms with Crippen molar-refractivity contribution < 1.29 is 18.3 Å². The zero-order valence-electron chi connectivity index (χ0n) is 15.2. The second kappa shape index (κ2) is 7.43. The number of piperidine rings is 1. The Balaban J connectivity index is 1.74. The molecule has 1 aromatic heterocycles. The van der Waals surface area contributed by atoms with Crippen LogP contribution in [0.25, 0.3) is 0 Å².